The highest BCUT2D eigenvalue weighted by atomic mass is 35.5. The Labute approximate surface area is 207 Å². The number of hydrogen-bond acceptors (Lipinski definition) is 5. The Kier molecular flexibility index (Phi) is 5.27. The van der Waals surface area contributed by atoms with Gasteiger partial charge in [0.05, 0.1) is 46.7 Å². The van der Waals surface area contributed by atoms with Crippen LogP contribution in [-0.2, 0) is 0 Å². The summed E-state index contributed by atoms with van der Waals surface area (Å²) in [5.74, 6) is 0.780. The van der Waals surface area contributed by atoms with E-state index in [9.17, 15) is 0 Å². The van der Waals surface area contributed by atoms with Gasteiger partial charge in [0, 0.05) is 26.6 Å². The first-order valence-electron chi connectivity index (χ1n) is 11.5. The average Bonchev–Trinajstić information content (AvgIpc) is 2.88. The van der Waals surface area contributed by atoms with Crippen LogP contribution in [0.5, 0.6) is 5.75 Å². The number of nitrogens with one attached hydrogen (secondary N) is 2. The molecule has 6 aromatic rings. The van der Waals surface area contributed by atoms with Gasteiger partial charge in [0.15, 0.2) is 0 Å². The summed E-state index contributed by atoms with van der Waals surface area (Å²) in [6, 6.07) is 28.1. The number of methoxy groups -OCH3 is 1. The SMILES string of the molecule is COc1ccc2nc3cc(Cl)ccc3c(NC(C)Nc3c4ccccc4nc4ccccc34)c2c1. The van der Waals surface area contributed by atoms with Crippen LogP contribution in [0.25, 0.3) is 43.6 Å². The zero-order valence-corrected chi connectivity index (χ0v) is 20.1. The lowest BCUT2D eigenvalue weighted by Gasteiger charge is -2.23. The lowest BCUT2D eigenvalue weighted by atomic mass is 10.1. The van der Waals surface area contributed by atoms with Crippen LogP contribution >= 0.6 is 11.6 Å². The second-order valence-corrected chi connectivity index (χ2v) is 9.00. The highest BCUT2D eigenvalue weighted by Gasteiger charge is 2.15. The number of fused-ring (bicyclic) bond motifs is 4. The Balaban J connectivity index is 1.48. The molecule has 0 bridgehead atoms. The molecule has 0 aliphatic heterocycles. The molecule has 2 heterocycles. The third kappa shape index (κ3) is 3.84. The van der Waals surface area contributed by atoms with Crippen LogP contribution in [0.2, 0.25) is 5.02 Å². The summed E-state index contributed by atoms with van der Waals surface area (Å²) in [5.41, 5.74) is 5.65. The van der Waals surface area contributed by atoms with Gasteiger partial charge in [-0.25, -0.2) is 9.97 Å². The fourth-order valence-electron chi connectivity index (χ4n) is 4.64. The Morgan fingerprint density at radius 3 is 1.91 bits per heavy atom. The normalized spacial score (nSPS) is 12.3. The molecule has 0 saturated carbocycles. The van der Waals surface area contributed by atoms with E-state index in [0.29, 0.717) is 5.02 Å². The molecule has 1 atom stereocenters. The Morgan fingerprint density at radius 2 is 1.23 bits per heavy atom. The first kappa shape index (κ1) is 21.4. The smallest absolute Gasteiger partial charge is 0.119 e. The fraction of sp³-hybridized carbons (Fsp3) is 0.103. The standard InChI is InChI=1S/C29H23ClN4O/c1-17(31-28-20-7-3-5-9-24(20)33-25-10-6-4-8-21(25)28)32-29-22-13-11-18(30)15-27(22)34-26-14-12-19(35-2)16-23(26)29/h3-17H,1-2H3,(H,31,33)(H,32,34). The fourth-order valence-corrected chi connectivity index (χ4v) is 4.81. The third-order valence-corrected chi connectivity index (χ3v) is 6.49. The van der Waals surface area contributed by atoms with E-state index >= 15 is 0 Å². The zero-order valence-electron chi connectivity index (χ0n) is 19.3. The summed E-state index contributed by atoms with van der Waals surface area (Å²) in [7, 11) is 1.67. The van der Waals surface area contributed by atoms with Crippen molar-refractivity contribution in [1.29, 1.82) is 0 Å². The molecule has 35 heavy (non-hydrogen) atoms. The van der Waals surface area contributed by atoms with E-state index < -0.39 is 0 Å². The average molecular weight is 479 g/mol. The van der Waals surface area contributed by atoms with Crippen LogP contribution in [-0.4, -0.2) is 23.2 Å². The molecule has 1 unspecified atom stereocenters. The van der Waals surface area contributed by atoms with Crippen molar-refractivity contribution >= 4 is 66.6 Å². The van der Waals surface area contributed by atoms with Crippen molar-refractivity contribution in [3.63, 3.8) is 0 Å². The number of ether oxygens (including phenoxy) is 1. The van der Waals surface area contributed by atoms with Crippen LogP contribution in [0.15, 0.2) is 84.9 Å². The number of aromatic nitrogens is 2. The largest absolute Gasteiger partial charge is 0.497 e. The number of pyridine rings is 2. The predicted molar refractivity (Wildman–Crippen MR) is 147 cm³/mol. The van der Waals surface area contributed by atoms with Gasteiger partial charge >= 0.3 is 0 Å². The van der Waals surface area contributed by atoms with Crippen LogP contribution in [0.3, 0.4) is 0 Å². The molecule has 0 radical (unpaired) electrons. The Morgan fingerprint density at radius 1 is 0.657 bits per heavy atom. The van der Waals surface area contributed by atoms with Gasteiger partial charge in [0.1, 0.15) is 5.75 Å². The van der Waals surface area contributed by atoms with Crippen molar-refractivity contribution in [3.05, 3.63) is 90.0 Å². The van der Waals surface area contributed by atoms with Gasteiger partial charge in [0.25, 0.3) is 0 Å². The third-order valence-electron chi connectivity index (χ3n) is 6.25. The number of halogens is 1. The molecule has 0 aliphatic rings. The zero-order chi connectivity index (χ0) is 23.9. The van der Waals surface area contributed by atoms with Crippen molar-refractivity contribution < 1.29 is 4.74 Å². The summed E-state index contributed by atoms with van der Waals surface area (Å²) in [6.45, 7) is 2.11. The predicted octanol–water partition coefficient (Wildman–Crippen LogP) is 7.62. The summed E-state index contributed by atoms with van der Waals surface area (Å²) in [6.07, 6.45) is -0.111. The maximum absolute atomic E-state index is 6.30. The highest BCUT2D eigenvalue weighted by Crippen LogP contribution is 2.36. The van der Waals surface area contributed by atoms with E-state index in [-0.39, 0.29) is 6.17 Å². The molecule has 172 valence electrons. The van der Waals surface area contributed by atoms with Crippen LogP contribution in [0.1, 0.15) is 6.92 Å². The van der Waals surface area contributed by atoms with E-state index in [1.54, 1.807) is 7.11 Å². The second kappa shape index (κ2) is 8.60. The number of rotatable bonds is 5. The van der Waals surface area contributed by atoms with Crippen molar-refractivity contribution in [1.82, 2.24) is 9.97 Å². The number of hydrogen-bond donors (Lipinski definition) is 2. The van der Waals surface area contributed by atoms with Crippen LogP contribution in [0, 0.1) is 0 Å². The van der Waals surface area contributed by atoms with Crippen molar-refractivity contribution in [2.75, 3.05) is 17.7 Å². The highest BCUT2D eigenvalue weighted by molar-refractivity contribution is 6.31. The Hall–Kier alpha value is -4.09. The van der Waals surface area contributed by atoms with Gasteiger partial charge in [-0.05, 0) is 55.5 Å². The molecular weight excluding hydrogens is 456 g/mol. The lowest BCUT2D eigenvalue weighted by Crippen LogP contribution is -2.25. The van der Waals surface area contributed by atoms with E-state index in [4.69, 9.17) is 26.3 Å². The molecule has 2 aromatic heterocycles. The lowest BCUT2D eigenvalue weighted by molar-refractivity contribution is 0.415. The summed E-state index contributed by atoms with van der Waals surface area (Å²) >= 11 is 6.30. The quantitative estimate of drug-likeness (QED) is 0.197. The minimum Gasteiger partial charge on any atom is -0.497 e. The molecule has 6 heteroatoms. The topological polar surface area (TPSA) is 59.1 Å². The van der Waals surface area contributed by atoms with Crippen LogP contribution < -0.4 is 15.4 Å². The van der Waals surface area contributed by atoms with E-state index in [1.165, 1.54) is 0 Å². The first-order chi connectivity index (χ1) is 17.1. The van der Waals surface area contributed by atoms with Crippen LogP contribution in [0.4, 0.5) is 11.4 Å². The summed E-state index contributed by atoms with van der Waals surface area (Å²) < 4.78 is 5.51. The van der Waals surface area contributed by atoms with Gasteiger partial charge in [-0.15, -0.1) is 0 Å². The summed E-state index contributed by atoms with van der Waals surface area (Å²) in [4.78, 5) is 9.68. The van der Waals surface area contributed by atoms with Gasteiger partial charge in [0.2, 0.25) is 0 Å². The minimum atomic E-state index is -0.111. The van der Waals surface area contributed by atoms with Gasteiger partial charge in [-0.2, -0.15) is 0 Å². The molecule has 6 rings (SSSR count). The molecular formula is C29H23ClN4O. The monoisotopic (exact) mass is 478 g/mol. The van der Waals surface area contributed by atoms with E-state index in [0.717, 1.165) is 60.7 Å². The van der Waals surface area contributed by atoms with E-state index in [2.05, 4.69) is 29.7 Å². The first-order valence-corrected chi connectivity index (χ1v) is 11.9. The van der Waals surface area contributed by atoms with Crippen molar-refractivity contribution in [2.45, 2.75) is 13.1 Å². The number of anilines is 2. The Bertz CT molecular complexity index is 1680. The second-order valence-electron chi connectivity index (χ2n) is 8.56. The molecule has 4 aromatic carbocycles. The molecule has 0 amide bonds. The molecule has 0 fully saturated rings. The molecule has 2 N–H and O–H groups in total. The van der Waals surface area contributed by atoms with Gasteiger partial charge < -0.3 is 15.4 Å². The van der Waals surface area contributed by atoms with Crippen molar-refractivity contribution in [3.8, 4) is 5.75 Å². The summed E-state index contributed by atoms with van der Waals surface area (Å²) in [5, 5.41) is 12.2. The van der Waals surface area contributed by atoms with Gasteiger partial charge in [-0.3, -0.25) is 0 Å². The number of para-hydroxylation sites is 2. The molecule has 0 aliphatic carbocycles. The molecule has 5 nitrogen and oxygen atoms in total. The molecule has 0 spiro atoms. The van der Waals surface area contributed by atoms with Crippen molar-refractivity contribution in [2.24, 2.45) is 0 Å². The molecule has 0 saturated heterocycles. The maximum Gasteiger partial charge on any atom is 0.119 e. The van der Waals surface area contributed by atoms with Gasteiger partial charge in [-0.1, -0.05) is 48.0 Å². The minimum absolute atomic E-state index is 0.111. The number of nitrogens with zero attached hydrogens (tertiary/aromatic N) is 2. The number of benzene rings is 4. The van der Waals surface area contributed by atoms with E-state index in [1.807, 2.05) is 72.8 Å². The maximum atomic E-state index is 6.30.